The average Bonchev–Trinajstić information content (AvgIpc) is 2.86. The zero-order valence-corrected chi connectivity index (χ0v) is 10.0. The van der Waals surface area contributed by atoms with E-state index in [-0.39, 0.29) is 0 Å². The van der Waals surface area contributed by atoms with E-state index in [0.717, 1.165) is 24.2 Å². The van der Waals surface area contributed by atoms with Gasteiger partial charge in [-0.3, -0.25) is 4.79 Å². The molecule has 1 heterocycles. The average molecular weight is 230 g/mol. The Bertz CT molecular complexity index is 428. The molecule has 0 N–H and O–H groups in total. The van der Waals surface area contributed by atoms with E-state index in [1.165, 1.54) is 25.7 Å². The van der Waals surface area contributed by atoms with Crippen LogP contribution in [-0.2, 0) is 4.79 Å². The van der Waals surface area contributed by atoms with Crippen molar-refractivity contribution in [2.45, 2.75) is 38.5 Å². The summed E-state index contributed by atoms with van der Waals surface area (Å²) in [6.45, 7) is 0. The van der Waals surface area contributed by atoms with Crippen molar-refractivity contribution in [1.29, 1.82) is 0 Å². The van der Waals surface area contributed by atoms with Gasteiger partial charge in [0.25, 0.3) is 0 Å². The molecule has 90 valence electrons. The summed E-state index contributed by atoms with van der Waals surface area (Å²) in [5.74, 6) is 2.16. The van der Waals surface area contributed by atoms with E-state index in [1.807, 2.05) is 18.2 Å². The van der Waals surface area contributed by atoms with Crippen molar-refractivity contribution < 1.29 is 9.21 Å². The predicted molar refractivity (Wildman–Crippen MR) is 66.4 cm³/mol. The van der Waals surface area contributed by atoms with Crippen LogP contribution in [0.4, 0.5) is 0 Å². The number of ketones is 1. The number of furan rings is 1. The molecule has 2 atom stereocenters. The van der Waals surface area contributed by atoms with E-state index in [2.05, 4.69) is 0 Å². The Morgan fingerprint density at radius 3 is 2.94 bits per heavy atom. The molecule has 2 aliphatic carbocycles. The maximum Gasteiger partial charge on any atom is 0.162 e. The lowest BCUT2D eigenvalue weighted by molar-refractivity contribution is -0.123. The van der Waals surface area contributed by atoms with Gasteiger partial charge >= 0.3 is 0 Å². The summed E-state index contributed by atoms with van der Waals surface area (Å²) in [5.41, 5.74) is 0.975. The zero-order chi connectivity index (χ0) is 11.7. The molecule has 1 aromatic rings. The minimum Gasteiger partial charge on any atom is -0.465 e. The fourth-order valence-electron chi connectivity index (χ4n) is 3.29. The number of carbonyl (C=O) groups is 1. The van der Waals surface area contributed by atoms with Gasteiger partial charge in [-0.15, -0.1) is 0 Å². The van der Waals surface area contributed by atoms with Crippen molar-refractivity contribution in [2.24, 2.45) is 11.8 Å². The van der Waals surface area contributed by atoms with Crippen molar-refractivity contribution in [3.8, 4) is 0 Å². The third-order valence-corrected chi connectivity index (χ3v) is 4.21. The number of allylic oxidation sites excluding steroid dienone is 1. The Morgan fingerprint density at radius 2 is 2.12 bits per heavy atom. The van der Waals surface area contributed by atoms with Gasteiger partial charge in [0.05, 0.1) is 6.26 Å². The lowest BCUT2D eigenvalue weighted by Crippen LogP contribution is -2.32. The third-order valence-electron chi connectivity index (χ3n) is 4.21. The molecular weight excluding hydrogens is 212 g/mol. The van der Waals surface area contributed by atoms with Gasteiger partial charge in [0.15, 0.2) is 5.78 Å². The molecule has 3 rings (SSSR count). The summed E-state index contributed by atoms with van der Waals surface area (Å²) in [7, 11) is 0. The molecule has 2 aliphatic rings. The number of Topliss-reactive ketones (excluding diaryl/α,β-unsaturated/α-hetero) is 1. The van der Waals surface area contributed by atoms with Crippen LogP contribution in [0.3, 0.4) is 0 Å². The largest absolute Gasteiger partial charge is 0.465 e. The summed E-state index contributed by atoms with van der Waals surface area (Å²) in [6.07, 6.45) is 10.6. The second kappa shape index (κ2) is 4.52. The molecule has 0 aliphatic heterocycles. The Morgan fingerprint density at radius 1 is 1.24 bits per heavy atom. The van der Waals surface area contributed by atoms with Crippen LogP contribution in [0.5, 0.6) is 0 Å². The highest BCUT2D eigenvalue weighted by Gasteiger charge is 2.36. The molecule has 0 bridgehead atoms. The van der Waals surface area contributed by atoms with Gasteiger partial charge in [0.2, 0.25) is 0 Å². The first-order valence-electron chi connectivity index (χ1n) is 6.63. The fraction of sp³-hybridized carbons (Fsp3) is 0.533. The maximum atomic E-state index is 12.4. The Labute approximate surface area is 102 Å². The number of hydrogen-bond donors (Lipinski definition) is 0. The zero-order valence-electron chi connectivity index (χ0n) is 10.0. The van der Waals surface area contributed by atoms with Crippen LogP contribution in [-0.4, -0.2) is 5.78 Å². The smallest absolute Gasteiger partial charge is 0.162 e. The van der Waals surface area contributed by atoms with Crippen molar-refractivity contribution in [2.75, 3.05) is 0 Å². The normalized spacial score (nSPS) is 31.5. The van der Waals surface area contributed by atoms with E-state index in [1.54, 1.807) is 6.26 Å². The molecule has 1 aromatic heterocycles. The van der Waals surface area contributed by atoms with Crippen LogP contribution < -0.4 is 0 Å². The van der Waals surface area contributed by atoms with Crippen LogP contribution in [0.1, 0.15) is 44.3 Å². The first kappa shape index (κ1) is 10.8. The predicted octanol–water partition coefficient (Wildman–Crippen LogP) is 3.83. The Hall–Kier alpha value is -1.31. The number of carbonyl (C=O) groups excluding carboxylic acids is 1. The van der Waals surface area contributed by atoms with Gasteiger partial charge in [-0.2, -0.15) is 0 Å². The van der Waals surface area contributed by atoms with Crippen LogP contribution in [0.2, 0.25) is 0 Å². The van der Waals surface area contributed by atoms with Gasteiger partial charge in [-0.05, 0) is 55.4 Å². The van der Waals surface area contributed by atoms with Gasteiger partial charge in [-0.1, -0.05) is 12.8 Å². The molecule has 0 aromatic carbocycles. The van der Waals surface area contributed by atoms with Crippen LogP contribution >= 0.6 is 0 Å². The highest BCUT2D eigenvalue weighted by molar-refractivity contribution is 6.01. The third kappa shape index (κ3) is 2.08. The molecule has 0 amide bonds. The molecule has 2 saturated carbocycles. The van der Waals surface area contributed by atoms with Gasteiger partial charge in [0, 0.05) is 5.92 Å². The van der Waals surface area contributed by atoms with E-state index >= 15 is 0 Å². The van der Waals surface area contributed by atoms with E-state index in [4.69, 9.17) is 4.42 Å². The van der Waals surface area contributed by atoms with Crippen LogP contribution in [0, 0.1) is 11.8 Å². The molecule has 1 unspecified atom stereocenters. The molecule has 0 saturated heterocycles. The summed E-state index contributed by atoms with van der Waals surface area (Å²) < 4.78 is 5.29. The van der Waals surface area contributed by atoms with Crippen LogP contribution in [0.25, 0.3) is 6.08 Å². The molecular formula is C15H18O2. The Balaban J connectivity index is 1.82. The quantitative estimate of drug-likeness (QED) is 0.686. The molecule has 2 nitrogen and oxygen atoms in total. The minimum absolute atomic E-state index is 0.304. The fourth-order valence-corrected chi connectivity index (χ4v) is 3.29. The van der Waals surface area contributed by atoms with Crippen molar-refractivity contribution in [3.63, 3.8) is 0 Å². The number of rotatable bonds is 1. The molecule has 2 fully saturated rings. The summed E-state index contributed by atoms with van der Waals surface area (Å²) in [5, 5.41) is 0. The summed E-state index contributed by atoms with van der Waals surface area (Å²) in [4.78, 5) is 12.4. The van der Waals surface area contributed by atoms with Crippen LogP contribution in [0.15, 0.2) is 28.4 Å². The summed E-state index contributed by atoms with van der Waals surface area (Å²) in [6, 6.07) is 3.77. The lowest BCUT2D eigenvalue weighted by atomic mass is 9.68. The Kier molecular flexibility index (Phi) is 2.87. The first-order chi connectivity index (χ1) is 8.34. The molecule has 17 heavy (non-hydrogen) atoms. The second-order valence-electron chi connectivity index (χ2n) is 5.24. The van der Waals surface area contributed by atoms with Gasteiger partial charge in [0.1, 0.15) is 5.76 Å². The molecule has 0 spiro atoms. The van der Waals surface area contributed by atoms with E-state index in [9.17, 15) is 4.79 Å². The highest BCUT2D eigenvalue weighted by Crippen LogP contribution is 2.40. The van der Waals surface area contributed by atoms with E-state index < -0.39 is 0 Å². The SMILES string of the molecule is O=C1/C(=C/c2ccco2)CCC2CCCC[C@H]12. The molecule has 2 heteroatoms. The first-order valence-corrected chi connectivity index (χ1v) is 6.63. The molecule has 0 radical (unpaired) electrons. The summed E-state index contributed by atoms with van der Waals surface area (Å²) >= 11 is 0. The minimum atomic E-state index is 0.304. The number of fused-ring (bicyclic) bond motifs is 1. The lowest BCUT2D eigenvalue weighted by Gasteiger charge is -2.35. The topological polar surface area (TPSA) is 30.2 Å². The highest BCUT2D eigenvalue weighted by atomic mass is 16.3. The standard InChI is InChI=1S/C15H18O2/c16-15-12(10-13-5-3-9-17-13)8-7-11-4-1-2-6-14(11)15/h3,5,9-11,14H,1-2,4,6-8H2/b12-10+/t11?,14-/m0/s1. The number of hydrogen-bond acceptors (Lipinski definition) is 2. The van der Waals surface area contributed by atoms with Crippen molar-refractivity contribution >= 4 is 11.9 Å². The van der Waals surface area contributed by atoms with Crippen molar-refractivity contribution in [1.82, 2.24) is 0 Å². The van der Waals surface area contributed by atoms with Gasteiger partial charge in [-0.25, -0.2) is 0 Å². The van der Waals surface area contributed by atoms with E-state index in [0.29, 0.717) is 17.6 Å². The maximum absolute atomic E-state index is 12.4. The van der Waals surface area contributed by atoms with Crippen molar-refractivity contribution in [3.05, 3.63) is 29.7 Å². The van der Waals surface area contributed by atoms with Gasteiger partial charge < -0.3 is 4.42 Å². The monoisotopic (exact) mass is 230 g/mol. The second-order valence-corrected chi connectivity index (χ2v) is 5.24.